The lowest BCUT2D eigenvalue weighted by atomic mass is 10.1. The van der Waals surface area contributed by atoms with Gasteiger partial charge in [0, 0.05) is 12.6 Å². The van der Waals surface area contributed by atoms with Crippen LogP contribution in [0.25, 0.3) is 0 Å². The summed E-state index contributed by atoms with van der Waals surface area (Å²) in [5.74, 6) is -0.713. The highest BCUT2D eigenvalue weighted by Gasteiger charge is 2.23. The van der Waals surface area contributed by atoms with Gasteiger partial charge in [-0.1, -0.05) is 43.2 Å². The fraction of sp³-hybridized carbons (Fsp3) is 0.533. The molecule has 3 nitrogen and oxygen atoms in total. The van der Waals surface area contributed by atoms with Crippen LogP contribution >= 0.6 is 0 Å². The molecule has 2 rings (SSSR count). The fourth-order valence-corrected chi connectivity index (χ4v) is 2.75. The second kappa shape index (κ2) is 6.55. The Kier molecular flexibility index (Phi) is 4.76. The number of carbonyl (C=O) groups is 1. The summed E-state index contributed by atoms with van der Waals surface area (Å²) >= 11 is 0. The molecule has 0 aliphatic heterocycles. The van der Waals surface area contributed by atoms with Crippen LogP contribution in [0.2, 0.25) is 0 Å². The van der Waals surface area contributed by atoms with E-state index >= 15 is 0 Å². The Morgan fingerprint density at radius 2 is 1.89 bits per heavy atom. The highest BCUT2D eigenvalue weighted by Crippen LogP contribution is 2.23. The van der Waals surface area contributed by atoms with Crippen molar-refractivity contribution in [1.29, 1.82) is 0 Å². The minimum atomic E-state index is -0.713. The van der Waals surface area contributed by atoms with Gasteiger partial charge in [-0.25, -0.2) is 0 Å². The molecule has 1 N–H and O–H groups in total. The molecule has 0 heterocycles. The first-order chi connectivity index (χ1) is 8.75. The van der Waals surface area contributed by atoms with Crippen molar-refractivity contribution in [1.82, 2.24) is 4.90 Å². The van der Waals surface area contributed by atoms with Gasteiger partial charge < -0.3 is 5.11 Å². The number of carboxylic acid groups (broad SMARTS) is 1. The molecule has 1 aliphatic rings. The third kappa shape index (κ3) is 3.84. The van der Waals surface area contributed by atoms with Crippen molar-refractivity contribution >= 4 is 5.97 Å². The van der Waals surface area contributed by atoms with Gasteiger partial charge in [0.05, 0.1) is 6.54 Å². The Labute approximate surface area is 108 Å². The predicted octanol–water partition coefficient (Wildman–Crippen LogP) is 2.56. The molecular formula is C15H21NO2. The van der Waals surface area contributed by atoms with Crippen LogP contribution in [-0.4, -0.2) is 35.1 Å². The molecule has 0 bridgehead atoms. The quantitative estimate of drug-likeness (QED) is 0.840. The van der Waals surface area contributed by atoms with Crippen molar-refractivity contribution < 1.29 is 9.90 Å². The maximum Gasteiger partial charge on any atom is 0.317 e. The van der Waals surface area contributed by atoms with E-state index in [9.17, 15) is 4.79 Å². The van der Waals surface area contributed by atoms with Crippen LogP contribution in [-0.2, 0) is 11.2 Å². The topological polar surface area (TPSA) is 40.5 Å². The zero-order valence-corrected chi connectivity index (χ0v) is 10.7. The van der Waals surface area contributed by atoms with Crippen LogP contribution in [0.15, 0.2) is 30.3 Å². The average Bonchev–Trinajstić information content (AvgIpc) is 2.89. The molecular weight excluding hydrogens is 226 g/mol. The van der Waals surface area contributed by atoms with Gasteiger partial charge in [0.15, 0.2) is 0 Å². The van der Waals surface area contributed by atoms with E-state index in [-0.39, 0.29) is 6.54 Å². The number of benzene rings is 1. The number of hydrogen-bond donors (Lipinski definition) is 1. The molecule has 0 aromatic heterocycles. The van der Waals surface area contributed by atoms with E-state index in [1.165, 1.54) is 18.4 Å². The average molecular weight is 247 g/mol. The minimum Gasteiger partial charge on any atom is -0.480 e. The zero-order valence-electron chi connectivity index (χ0n) is 10.7. The van der Waals surface area contributed by atoms with E-state index in [0.29, 0.717) is 6.04 Å². The lowest BCUT2D eigenvalue weighted by molar-refractivity contribution is -0.138. The highest BCUT2D eigenvalue weighted by atomic mass is 16.4. The van der Waals surface area contributed by atoms with Gasteiger partial charge in [0.25, 0.3) is 0 Å². The molecule has 3 heteroatoms. The zero-order chi connectivity index (χ0) is 12.8. The first kappa shape index (κ1) is 13.1. The summed E-state index contributed by atoms with van der Waals surface area (Å²) in [6.07, 6.45) is 5.73. The molecule has 1 saturated carbocycles. The smallest absolute Gasteiger partial charge is 0.317 e. The van der Waals surface area contributed by atoms with E-state index in [4.69, 9.17) is 5.11 Å². The van der Waals surface area contributed by atoms with Gasteiger partial charge in [-0.15, -0.1) is 0 Å². The normalized spacial score (nSPS) is 16.3. The molecule has 0 atom stereocenters. The molecule has 98 valence electrons. The lowest BCUT2D eigenvalue weighted by Gasteiger charge is -2.27. The SMILES string of the molecule is O=C(O)CN(CCc1ccccc1)C1CCCC1. The van der Waals surface area contributed by atoms with Crippen LogP contribution < -0.4 is 0 Å². The molecule has 0 saturated heterocycles. The molecule has 1 aromatic carbocycles. The first-order valence-electron chi connectivity index (χ1n) is 6.75. The molecule has 1 aliphatic carbocycles. The number of carboxylic acids is 1. The largest absolute Gasteiger partial charge is 0.480 e. The Morgan fingerprint density at radius 1 is 1.22 bits per heavy atom. The second-order valence-electron chi connectivity index (χ2n) is 5.04. The molecule has 1 fully saturated rings. The maximum atomic E-state index is 10.9. The number of aliphatic carboxylic acids is 1. The van der Waals surface area contributed by atoms with Crippen LogP contribution in [0.3, 0.4) is 0 Å². The third-order valence-corrected chi connectivity index (χ3v) is 3.71. The molecule has 0 amide bonds. The summed E-state index contributed by atoms with van der Waals surface area (Å²) in [5.41, 5.74) is 1.28. The maximum absolute atomic E-state index is 10.9. The molecule has 0 unspecified atom stereocenters. The first-order valence-corrected chi connectivity index (χ1v) is 6.75. The van der Waals surface area contributed by atoms with Gasteiger partial charge in [-0.05, 0) is 24.8 Å². The van der Waals surface area contributed by atoms with E-state index in [2.05, 4.69) is 17.0 Å². The lowest BCUT2D eigenvalue weighted by Crippen LogP contribution is -2.38. The second-order valence-corrected chi connectivity index (χ2v) is 5.04. The van der Waals surface area contributed by atoms with E-state index in [1.807, 2.05) is 18.2 Å². The summed E-state index contributed by atoms with van der Waals surface area (Å²) in [4.78, 5) is 13.1. The number of hydrogen-bond acceptors (Lipinski definition) is 2. The summed E-state index contributed by atoms with van der Waals surface area (Å²) in [6, 6.07) is 10.8. The Hall–Kier alpha value is -1.35. The fourth-order valence-electron chi connectivity index (χ4n) is 2.75. The molecule has 1 aromatic rings. The van der Waals surface area contributed by atoms with Crippen LogP contribution in [0.5, 0.6) is 0 Å². The summed E-state index contributed by atoms with van der Waals surface area (Å²) in [5, 5.41) is 9.00. The van der Waals surface area contributed by atoms with E-state index in [1.54, 1.807) is 0 Å². The van der Waals surface area contributed by atoms with Crippen molar-refractivity contribution in [2.24, 2.45) is 0 Å². The summed E-state index contributed by atoms with van der Waals surface area (Å²) in [6.45, 7) is 1.03. The van der Waals surface area contributed by atoms with E-state index < -0.39 is 5.97 Å². The van der Waals surface area contributed by atoms with E-state index in [0.717, 1.165) is 25.8 Å². The monoisotopic (exact) mass is 247 g/mol. The Bertz CT molecular complexity index is 371. The standard InChI is InChI=1S/C15H21NO2/c17-15(18)12-16(14-8-4-5-9-14)11-10-13-6-2-1-3-7-13/h1-3,6-7,14H,4-5,8-12H2,(H,17,18). The number of nitrogens with zero attached hydrogens (tertiary/aromatic N) is 1. The van der Waals surface area contributed by atoms with Gasteiger partial charge in [-0.3, -0.25) is 9.69 Å². The predicted molar refractivity (Wildman–Crippen MR) is 71.6 cm³/mol. The van der Waals surface area contributed by atoms with Crippen LogP contribution in [0, 0.1) is 0 Å². The van der Waals surface area contributed by atoms with Crippen molar-refractivity contribution in [3.8, 4) is 0 Å². The summed E-state index contributed by atoms with van der Waals surface area (Å²) < 4.78 is 0. The molecule has 0 radical (unpaired) electrons. The van der Waals surface area contributed by atoms with Crippen molar-refractivity contribution in [2.75, 3.05) is 13.1 Å². The number of rotatable bonds is 6. The summed E-state index contributed by atoms with van der Waals surface area (Å²) in [7, 11) is 0. The van der Waals surface area contributed by atoms with Crippen LogP contribution in [0.1, 0.15) is 31.2 Å². The van der Waals surface area contributed by atoms with Gasteiger partial charge in [0.1, 0.15) is 0 Å². The van der Waals surface area contributed by atoms with Crippen molar-refractivity contribution in [3.05, 3.63) is 35.9 Å². The third-order valence-electron chi connectivity index (χ3n) is 3.71. The van der Waals surface area contributed by atoms with Gasteiger partial charge in [0.2, 0.25) is 0 Å². The van der Waals surface area contributed by atoms with Gasteiger partial charge >= 0.3 is 5.97 Å². The molecule has 0 spiro atoms. The Balaban J connectivity index is 1.90. The van der Waals surface area contributed by atoms with Gasteiger partial charge in [-0.2, -0.15) is 0 Å². The highest BCUT2D eigenvalue weighted by molar-refractivity contribution is 5.69. The van der Waals surface area contributed by atoms with Crippen LogP contribution in [0.4, 0.5) is 0 Å². The van der Waals surface area contributed by atoms with Crippen molar-refractivity contribution in [2.45, 2.75) is 38.1 Å². The Morgan fingerprint density at radius 3 is 2.50 bits per heavy atom. The molecule has 18 heavy (non-hydrogen) atoms. The minimum absolute atomic E-state index is 0.178. The van der Waals surface area contributed by atoms with Crippen molar-refractivity contribution in [3.63, 3.8) is 0 Å².